The van der Waals surface area contributed by atoms with Crippen LogP contribution in [0.4, 0.5) is 0 Å². The highest BCUT2D eigenvalue weighted by Gasteiger charge is 2.38. The molecule has 0 unspecified atom stereocenters. The monoisotopic (exact) mass is 538 g/mol. The third kappa shape index (κ3) is 3.18. The van der Waals surface area contributed by atoms with E-state index in [0.29, 0.717) is 0 Å². The van der Waals surface area contributed by atoms with Crippen LogP contribution < -0.4 is 0 Å². The van der Waals surface area contributed by atoms with Gasteiger partial charge in [-0.05, 0) is 82.5 Å². The smallest absolute Gasteiger partial charge is 0.0786 e. The topological polar surface area (TPSA) is 17.8 Å². The van der Waals surface area contributed by atoms with Gasteiger partial charge in [0.25, 0.3) is 0 Å². The van der Waals surface area contributed by atoms with Gasteiger partial charge in [0, 0.05) is 38.8 Å². The average molecular weight is 539 g/mol. The Morgan fingerprint density at radius 1 is 0.714 bits per heavy atom. The van der Waals surface area contributed by atoms with Crippen LogP contribution in [-0.4, -0.2) is 9.55 Å². The van der Waals surface area contributed by atoms with Crippen molar-refractivity contribution in [3.63, 3.8) is 0 Å². The summed E-state index contributed by atoms with van der Waals surface area (Å²) < 4.78 is 2.47. The van der Waals surface area contributed by atoms with Gasteiger partial charge in [-0.2, -0.15) is 0 Å². The molecule has 2 nitrogen and oxygen atoms in total. The highest BCUT2D eigenvalue weighted by atomic mass is 15.0. The van der Waals surface area contributed by atoms with Gasteiger partial charge in [0.15, 0.2) is 0 Å². The van der Waals surface area contributed by atoms with Gasteiger partial charge >= 0.3 is 0 Å². The molecule has 0 radical (unpaired) electrons. The molecule has 2 aliphatic rings. The van der Waals surface area contributed by atoms with Crippen LogP contribution >= 0.6 is 0 Å². The van der Waals surface area contributed by atoms with E-state index < -0.39 is 0 Å². The van der Waals surface area contributed by atoms with Crippen LogP contribution in [0.3, 0.4) is 0 Å². The summed E-state index contributed by atoms with van der Waals surface area (Å²) in [4.78, 5) is 4.81. The van der Waals surface area contributed by atoms with E-state index >= 15 is 0 Å². The fourth-order valence-electron chi connectivity index (χ4n) is 7.73. The molecular formula is C40H30N2. The van der Waals surface area contributed by atoms with E-state index in [1.807, 2.05) is 12.3 Å². The molecule has 5 aromatic carbocycles. The fraction of sp³-hybridized carbons (Fsp3) is 0.125. The van der Waals surface area contributed by atoms with Crippen molar-refractivity contribution >= 4 is 49.1 Å². The van der Waals surface area contributed by atoms with E-state index in [2.05, 4.69) is 128 Å². The minimum atomic E-state index is 0.0315. The van der Waals surface area contributed by atoms with E-state index in [9.17, 15) is 0 Å². The van der Waals surface area contributed by atoms with Gasteiger partial charge in [0.05, 0.1) is 16.6 Å². The third-order valence-corrected chi connectivity index (χ3v) is 9.73. The molecule has 2 heteroatoms. The molecule has 0 bridgehead atoms. The van der Waals surface area contributed by atoms with Crippen LogP contribution in [0.5, 0.6) is 0 Å². The Bertz CT molecular complexity index is 2330. The van der Waals surface area contributed by atoms with Crippen LogP contribution in [0, 0.1) is 0 Å². The van der Waals surface area contributed by atoms with E-state index in [1.165, 1.54) is 71.5 Å². The lowest BCUT2D eigenvalue weighted by atomic mass is 9.78. The van der Waals surface area contributed by atoms with Crippen LogP contribution in [-0.2, 0) is 5.41 Å². The number of para-hydroxylation sites is 1. The van der Waals surface area contributed by atoms with E-state index in [-0.39, 0.29) is 5.41 Å². The first kappa shape index (κ1) is 23.7. The molecule has 7 aromatic rings. The van der Waals surface area contributed by atoms with Crippen molar-refractivity contribution < 1.29 is 0 Å². The van der Waals surface area contributed by atoms with Crippen molar-refractivity contribution in [2.75, 3.05) is 0 Å². The number of aromatic nitrogens is 2. The molecular weight excluding hydrogens is 508 g/mol. The second-order valence-electron chi connectivity index (χ2n) is 12.3. The van der Waals surface area contributed by atoms with E-state index in [1.54, 1.807) is 5.57 Å². The number of fused-ring (bicyclic) bond motifs is 8. The lowest BCUT2D eigenvalue weighted by Gasteiger charge is -2.25. The Morgan fingerprint density at radius 3 is 2.52 bits per heavy atom. The summed E-state index contributed by atoms with van der Waals surface area (Å²) in [6.07, 6.45) is 8.89. The summed E-state index contributed by atoms with van der Waals surface area (Å²) in [6, 6.07) is 38.0. The van der Waals surface area contributed by atoms with E-state index in [4.69, 9.17) is 4.98 Å². The van der Waals surface area contributed by atoms with Gasteiger partial charge in [-0.1, -0.05) is 98.3 Å². The van der Waals surface area contributed by atoms with Crippen LogP contribution in [0.15, 0.2) is 127 Å². The van der Waals surface area contributed by atoms with Crippen LogP contribution in [0.2, 0.25) is 0 Å². The number of hydrogen-bond acceptors (Lipinski definition) is 1. The minimum absolute atomic E-state index is 0.0315. The van der Waals surface area contributed by atoms with Crippen LogP contribution in [0.1, 0.15) is 37.8 Å². The van der Waals surface area contributed by atoms with Crippen molar-refractivity contribution in [2.45, 2.75) is 32.1 Å². The molecule has 0 aliphatic heterocycles. The molecule has 0 fully saturated rings. The fourth-order valence-corrected chi connectivity index (χ4v) is 7.73. The summed E-state index contributed by atoms with van der Waals surface area (Å²) >= 11 is 0. The quantitative estimate of drug-likeness (QED) is 0.200. The molecule has 0 saturated heterocycles. The molecule has 0 saturated carbocycles. The number of rotatable bonds is 2. The summed E-state index contributed by atoms with van der Waals surface area (Å²) in [7, 11) is 0. The highest BCUT2D eigenvalue weighted by Crippen LogP contribution is 2.52. The predicted molar refractivity (Wildman–Crippen MR) is 177 cm³/mol. The first-order valence-corrected chi connectivity index (χ1v) is 14.9. The molecule has 2 heterocycles. The zero-order chi connectivity index (χ0) is 28.0. The normalized spacial score (nSPS) is 15.7. The Hall–Kier alpha value is -4.95. The SMILES string of the molecule is CC1(C)C2=C(C=CCC2)c2cc3c4ccccc4n(-c4cccc(-c5cccc6ccc7cccnc7c56)c4)c3cc21. The summed E-state index contributed by atoms with van der Waals surface area (Å²) in [6.45, 7) is 4.82. The van der Waals surface area contributed by atoms with Gasteiger partial charge < -0.3 is 4.57 Å². The molecule has 0 N–H and O–H groups in total. The average Bonchev–Trinajstić information content (AvgIpc) is 3.48. The van der Waals surface area contributed by atoms with Gasteiger partial charge in [-0.15, -0.1) is 0 Å². The molecule has 9 rings (SSSR count). The van der Waals surface area contributed by atoms with Crippen molar-refractivity contribution in [1.82, 2.24) is 9.55 Å². The predicted octanol–water partition coefficient (Wildman–Crippen LogP) is 10.5. The second-order valence-corrected chi connectivity index (χ2v) is 12.3. The number of hydrogen-bond donors (Lipinski definition) is 0. The Labute approximate surface area is 245 Å². The van der Waals surface area contributed by atoms with Crippen molar-refractivity contribution in [1.29, 1.82) is 0 Å². The summed E-state index contributed by atoms with van der Waals surface area (Å²) in [5, 5.41) is 6.20. The standard InChI is InChI=1S/C40H30N2/c1-40(2)34-17-5-3-14-30(34)32-23-33-31-15-4-6-18-36(31)42(37(33)24-35(32)40)28-13-7-11-27(22-28)29-16-8-10-25-19-20-26-12-9-21-41-39(26)38(25)29/h3-4,6-16,18-24H,5,17H2,1-2H3. The van der Waals surface area contributed by atoms with Gasteiger partial charge in [-0.3, -0.25) is 4.98 Å². The number of benzene rings is 5. The first-order chi connectivity index (χ1) is 20.6. The molecule has 200 valence electrons. The largest absolute Gasteiger partial charge is 0.309 e. The Balaban J connectivity index is 1.31. The lowest BCUT2D eigenvalue weighted by Crippen LogP contribution is -2.17. The van der Waals surface area contributed by atoms with Crippen molar-refractivity contribution in [3.8, 4) is 16.8 Å². The number of allylic oxidation sites excluding steroid dienone is 4. The summed E-state index contributed by atoms with van der Waals surface area (Å²) in [5.74, 6) is 0. The molecule has 42 heavy (non-hydrogen) atoms. The maximum absolute atomic E-state index is 4.81. The van der Waals surface area contributed by atoms with Crippen molar-refractivity contribution in [2.24, 2.45) is 0 Å². The van der Waals surface area contributed by atoms with E-state index in [0.717, 1.165) is 18.4 Å². The second kappa shape index (κ2) is 8.53. The summed E-state index contributed by atoms with van der Waals surface area (Å²) in [5.41, 5.74) is 13.1. The Morgan fingerprint density at radius 2 is 1.57 bits per heavy atom. The Kier molecular flexibility index (Phi) is 4.82. The van der Waals surface area contributed by atoms with Crippen LogP contribution in [0.25, 0.3) is 65.9 Å². The number of nitrogens with zero attached hydrogens (tertiary/aromatic N) is 2. The van der Waals surface area contributed by atoms with Gasteiger partial charge in [0.2, 0.25) is 0 Å². The highest BCUT2D eigenvalue weighted by molar-refractivity contribution is 6.13. The maximum Gasteiger partial charge on any atom is 0.0786 e. The molecule has 0 atom stereocenters. The molecule has 0 spiro atoms. The maximum atomic E-state index is 4.81. The third-order valence-electron chi connectivity index (χ3n) is 9.73. The van der Waals surface area contributed by atoms with Gasteiger partial charge in [-0.25, -0.2) is 0 Å². The zero-order valence-corrected chi connectivity index (χ0v) is 23.9. The van der Waals surface area contributed by atoms with Crippen molar-refractivity contribution in [3.05, 3.63) is 138 Å². The molecule has 2 aliphatic carbocycles. The first-order valence-electron chi connectivity index (χ1n) is 14.9. The molecule has 0 amide bonds. The number of pyridine rings is 1. The minimum Gasteiger partial charge on any atom is -0.309 e. The zero-order valence-electron chi connectivity index (χ0n) is 23.9. The lowest BCUT2D eigenvalue weighted by molar-refractivity contribution is 0.608. The molecule has 2 aromatic heterocycles. The van der Waals surface area contributed by atoms with Gasteiger partial charge in [0.1, 0.15) is 0 Å².